The zero-order chi connectivity index (χ0) is 13.1. The molecule has 0 bridgehead atoms. The number of Topliss-reactive ketones (excluding diaryl/α,β-unsaturated/α-hetero) is 1. The molecule has 2 unspecified atom stereocenters. The third kappa shape index (κ3) is 2.74. The summed E-state index contributed by atoms with van der Waals surface area (Å²) in [6.45, 7) is 2.31. The van der Waals surface area contributed by atoms with Crippen molar-refractivity contribution in [3.8, 4) is 0 Å². The number of likely N-dealkylation sites (tertiary alicyclic amines) is 1. The van der Waals surface area contributed by atoms with Crippen LogP contribution in [0, 0.1) is 5.92 Å². The molecule has 2 heteroatoms. The summed E-state index contributed by atoms with van der Waals surface area (Å²) in [6.07, 6.45) is 6.75. The van der Waals surface area contributed by atoms with Crippen LogP contribution in [-0.2, 0) is 4.79 Å². The minimum absolute atomic E-state index is 0.231. The van der Waals surface area contributed by atoms with Crippen LogP contribution >= 0.6 is 0 Å². The molecule has 1 aromatic rings. The zero-order valence-electron chi connectivity index (χ0n) is 11.6. The number of benzene rings is 1. The van der Waals surface area contributed by atoms with E-state index in [0.29, 0.717) is 11.8 Å². The average molecular weight is 257 g/mol. The maximum atomic E-state index is 12.3. The maximum absolute atomic E-state index is 12.3. The van der Waals surface area contributed by atoms with Gasteiger partial charge in [0.25, 0.3) is 0 Å². The smallest absolute Gasteiger partial charge is 0.137 e. The van der Waals surface area contributed by atoms with Crippen molar-refractivity contribution in [2.75, 3.05) is 13.1 Å². The van der Waals surface area contributed by atoms with Crippen LogP contribution in [0.3, 0.4) is 0 Å². The fourth-order valence-electron chi connectivity index (χ4n) is 3.71. The lowest BCUT2D eigenvalue weighted by atomic mass is 9.79. The summed E-state index contributed by atoms with van der Waals surface area (Å²) in [7, 11) is 0. The Morgan fingerprint density at radius 3 is 2.42 bits per heavy atom. The van der Waals surface area contributed by atoms with Crippen molar-refractivity contribution in [2.45, 2.75) is 44.6 Å². The third-order valence-electron chi connectivity index (χ3n) is 4.66. The van der Waals surface area contributed by atoms with Crippen molar-refractivity contribution in [1.29, 1.82) is 0 Å². The van der Waals surface area contributed by atoms with Crippen LogP contribution < -0.4 is 0 Å². The SMILES string of the molecule is O=C1CCCCC1C(c1ccccc1)N1CCCC1. The van der Waals surface area contributed by atoms with Gasteiger partial charge < -0.3 is 0 Å². The minimum atomic E-state index is 0.231. The number of carbonyl (C=O) groups is 1. The maximum Gasteiger partial charge on any atom is 0.137 e. The van der Waals surface area contributed by atoms with Crippen LogP contribution in [0.15, 0.2) is 30.3 Å². The van der Waals surface area contributed by atoms with Crippen molar-refractivity contribution >= 4 is 5.78 Å². The molecule has 2 nitrogen and oxygen atoms in total. The highest BCUT2D eigenvalue weighted by Gasteiger charge is 2.35. The van der Waals surface area contributed by atoms with E-state index in [2.05, 4.69) is 35.2 Å². The van der Waals surface area contributed by atoms with E-state index < -0.39 is 0 Å². The van der Waals surface area contributed by atoms with Crippen molar-refractivity contribution in [1.82, 2.24) is 4.90 Å². The molecule has 1 aromatic carbocycles. The molecular weight excluding hydrogens is 234 g/mol. The summed E-state index contributed by atoms with van der Waals surface area (Å²) in [5.74, 6) is 0.723. The second kappa shape index (κ2) is 5.87. The molecule has 1 heterocycles. The molecule has 1 saturated heterocycles. The van der Waals surface area contributed by atoms with Gasteiger partial charge in [0.1, 0.15) is 5.78 Å². The van der Waals surface area contributed by atoms with Gasteiger partial charge in [0.2, 0.25) is 0 Å². The molecule has 0 amide bonds. The van der Waals surface area contributed by atoms with Gasteiger partial charge in [-0.05, 0) is 44.3 Å². The van der Waals surface area contributed by atoms with E-state index in [0.717, 1.165) is 32.4 Å². The van der Waals surface area contributed by atoms with Gasteiger partial charge >= 0.3 is 0 Å². The number of rotatable bonds is 3. The molecule has 2 fully saturated rings. The zero-order valence-corrected chi connectivity index (χ0v) is 11.6. The first-order valence-electron chi connectivity index (χ1n) is 7.68. The number of hydrogen-bond donors (Lipinski definition) is 0. The normalized spacial score (nSPS) is 26.5. The second-order valence-electron chi connectivity index (χ2n) is 5.92. The summed E-state index contributed by atoms with van der Waals surface area (Å²) in [4.78, 5) is 14.9. The second-order valence-corrected chi connectivity index (χ2v) is 5.92. The molecule has 0 aromatic heterocycles. The Morgan fingerprint density at radius 2 is 1.74 bits per heavy atom. The number of hydrogen-bond acceptors (Lipinski definition) is 2. The van der Waals surface area contributed by atoms with Crippen LogP contribution in [0.25, 0.3) is 0 Å². The number of nitrogens with zero attached hydrogens (tertiary/aromatic N) is 1. The Labute approximate surface area is 115 Å². The highest BCUT2D eigenvalue weighted by Crippen LogP contribution is 2.37. The predicted octanol–water partition coefficient (Wildman–Crippen LogP) is 3.58. The Balaban J connectivity index is 1.89. The number of carbonyl (C=O) groups excluding carboxylic acids is 1. The largest absolute Gasteiger partial charge is 0.299 e. The van der Waals surface area contributed by atoms with Gasteiger partial charge in [-0.2, -0.15) is 0 Å². The van der Waals surface area contributed by atoms with Crippen molar-refractivity contribution in [3.05, 3.63) is 35.9 Å². The van der Waals surface area contributed by atoms with E-state index in [1.807, 2.05) is 0 Å². The fourth-order valence-corrected chi connectivity index (χ4v) is 3.71. The molecule has 102 valence electrons. The molecule has 0 spiro atoms. The summed E-state index contributed by atoms with van der Waals surface area (Å²) < 4.78 is 0. The number of ketones is 1. The molecule has 0 N–H and O–H groups in total. The molecule has 1 aliphatic carbocycles. The van der Waals surface area contributed by atoms with Gasteiger partial charge in [0.05, 0.1) is 0 Å². The van der Waals surface area contributed by atoms with Gasteiger partial charge in [-0.15, -0.1) is 0 Å². The summed E-state index contributed by atoms with van der Waals surface area (Å²) in [5, 5.41) is 0. The molecule has 2 atom stereocenters. The van der Waals surface area contributed by atoms with Crippen molar-refractivity contribution in [2.24, 2.45) is 5.92 Å². The van der Waals surface area contributed by atoms with Crippen LogP contribution in [0.5, 0.6) is 0 Å². The van der Waals surface area contributed by atoms with Crippen LogP contribution in [-0.4, -0.2) is 23.8 Å². The van der Waals surface area contributed by atoms with Gasteiger partial charge in [-0.25, -0.2) is 0 Å². The molecule has 3 rings (SSSR count). The Bertz CT molecular complexity index is 422. The average Bonchev–Trinajstić information content (AvgIpc) is 2.96. The topological polar surface area (TPSA) is 20.3 Å². The Morgan fingerprint density at radius 1 is 1.00 bits per heavy atom. The van der Waals surface area contributed by atoms with E-state index in [-0.39, 0.29) is 5.92 Å². The quantitative estimate of drug-likeness (QED) is 0.825. The summed E-state index contributed by atoms with van der Waals surface area (Å²) in [5.41, 5.74) is 1.34. The lowest BCUT2D eigenvalue weighted by Crippen LogP contribution is -2.36. The van der Waals surface area contributed by atoms with E-state index in [1.54, 1.807) is 0 Å². The van der Waals surface area contributed by atoms with Crippen LogP contribution in [0.2, 0.25) is 0 Å². The first kappa shape index (κ1) is 12.9. The first-order valence-corrected chi connectivity index (χ1v) is 7.68. The standard InChI is InChI=1S/C17H23NO/c19-16-11-5-4-10-15(16)17(18-12-6-7-13-18)14-8-2-1-3-9-14/h1-3,8-9,15,17H,4-7,10-13H2. The fraction of sp³-hybridized carbons (Fsp3) is 0.588. The van der Waals surface area contributed by atoms with Crippen LogP contribution in [0.1, 0.15) is 50.1 Å². The molecule has 1 aliphatic heterocycles. The van der Waals surface area contributed by atoms with E-state index in [1.165, 1.54) is 24.8 Å². The van der Waals surface area contributed by atoms with Crippen LogP contribution in [0.4, 0.5) is 0 Å². The monoisotopic (exact) mass is 257 g/mol. The van der Waals surface area contributed by atoms with E-state index >= 15 is 0 Å². The van der Waals surface area contributed by atoms with Gasteiger partial charge in [0, 0.05) is 18.4 Å². The van der Waals surface area contributed by atoms with Gasteiger partial charge in [-0.1, -0.05) is 36.8 Å². The predicted molar refractivity (Wildman–Crippen MR) is 77.0 cm³/mol. The summed E-state index contributed by atoms with van der Waals surface area (Å²) in [6, 6.07) is 11.0. The van der Waals surface area contributed by atoms with E-state index in [9.17, 15) is 4.79 Å². The molecule has 2 aliphatic rings. The van der Waals surface area contributed by atoms with Gasteiger partial charge in [0.15, 0.2) is 0 Å². The minimum Gasteiger partial charge on any atom is -0.299 e. The van der Waals surface area contributed by atoms with E-state index in [4.69, 9.17) is 0 Å². The Kier molecular flexibility index (Phi) is 3.97. The first-order chi connectivity index (χ1) is 9.36. The van der Waals surface area contributed by atoms with Crippen molar-refractivity contribution in [3.63, 3.8) is 0 Å². The Hall–Kier alpha value is -1.15. The molecule has 0 radical (unpaired) electrons. The molecule has 19 heavy (non-hydrogen) atoms. The van der Waals surface area contributed by atoms with Crippen molar-refractivity contribution < 1.29 is 4.79 Å². The lowest BCUT2D eigenvalue weighted by Gasteiger charge is -2.36. The third-order valence-corrected chi connectivity index (χ3v) is 4.66. The lowest BCUT2D eigenvalue weighted by molar-refractivity contribution is -0.127. The molecule has 1 saturated carbocycles. The molecular formula is C17H23NO. The highest BCUT2D eigenvalue weighted by atomic mass is 16.1. The highest BCUT2D eigenvalue weighted by molar-refractivity contribution is 5.82. The summed E-state index contributed by atoms with van der Waals surface area (Å²) >= 11 is 0. The van der Waals surface area contributed by atoms with Gasteiger partial charge in [-0.3, -0.25) is 9.69 Å².